The minimum absolute atomic E-state index is 0.114. The smallest absolute Gasteiger partial charge is 0.278 e. The summed E-state index contributed by atoms with van der Waals surface area (Å²) in [5.74, 6) is 0.172. The molecule has 0 aliphatic heterocycles. The highest BCUT2D eigenvalue weighted by molar-refractivity contribution is 6.42. The van der Waals surface area contributed by atoms with Crippen molar-refractivity contribution in [2.75, 3.05) is 5.32 Å². The summed E-state index contributed by atoms with van der Waals surface area (Å²) in [4.78, 5) is 20.2. The van der Waals surface area contributed by atoms with Gasteiger partial charge in [0, 0.05) is 11.8 Å². The lowest BCUT2D eigenvalue weighted by Gasteiger charge is -2.01. The third-order valence-electron chi connectivity index (χ3n) is 2.87. The van der Waals surface area contributed by atoms with E-state index in [1.165, 1.54) is 12.5 Å². The Balaban J connectivity index is 1.79. The molecule has 0 saturated carbocycles. The van der Waals surface area contributed by atoms with Crippen LogP contribution in [0, 0.1) is 0 Å². The largest absolute Gasteiger partial charge is 0.444 e. The minimum atomic E-state index is -0.449. The molecule has 2 aromatic heterocycles. The SMILES string of the molecule is O=C(Nc1ccc(Cl)cn1)c1coc(-c2ccc(Cl)c(Cl)c2)n1. The molecule has 0 spiro atoms. The summed E-state index contributed by atoms with van der Waals surface area (Å²) in [6, 6.07) is 8.13. The molecule has 0 aliphatic rings. The Morgan fingerprint density at radius 3 is 2.61 bits per heavy atom. The quantitative estimate of drug-likeness (QED) is 0.710. The number of carbonyl (C=O) groups excluding carboxylic acids is 1. The second-order valence-electron chi connectivity index (χ2n) is 4.48. The molecule has 0 saturated heterocycles. The van der Waals surface area contributed by atoms with Crippen LogP contribution >= 0.6 is 34.8 Å². The highest BCUT2D eigenvalue weighted by Crippen LogP contribution is 2.28. The Hall–Kier alpha value is -2.08. The van der Waals surface area contributed by atoms with Crippen LogP contribution in [0.1, 0.15) is 10.5 Å². The number of hydrogen-bond acceptors (Lipinski definition) is 4. The summed E-state index contributed by atoms with van der Waals surface area (Å²) in [5.41, 5.74) is 0.728. The molecule has 2 heterocycles. The predicted molar refractivity (Wildman–Crippen MR) is 89.2 cm³/mol. The fourth-order valence-electron chi connectivity index (χ4n) is 1.77. The van der Waals surface area contributed by atoms with Crippen molar-refractivity contribution in [1.29, 1.82) is 0 Å². The lowest BCUT2D eigenvalue weighted by molar-refractivity contribution is 0.102. The van der Waals surface area contributed by atoms with E-state index in [1.807, 2.05) is 0 Å². The number of amides is 1. The molecular formula is C15H8Cl3N3O2. The first-order chi connectivity index (χ1) is 11.0. The van der Waals surface area contributed by atoms with Crippen LogP contribution in [0.2, 0.25) is 15.1 Å². The molecule has 23 heavy (non-hydrogen) atoms. The standard InChI is InChI=1S/C15H8Cl3N3O2/c16-9-2-4-13(19-6-9)21-14(22)12-7-23-15(20-12)8-1-3-10(17)11(18)5-8/h1-7H,(H,19,21,22). The third kappa shape index (κ3) is 3.64. The van der Waals surface area contributed by atoms with Gasteiger partial charge in [-0.25, -0.2) is 9.97 Å². The van der Waals surface area contributed by atoms with Gasteiger partial charge in [-0.2, -0.15) is 0 Å². The van der Waals surface area contributed by atoms with Crippen molar-refractivity contribution < 1.29 is 9.21 Å². The first kappa shape index (κ1) is 15.8. The summed E-state index contributed by atoms with van der Waals surface area (Å²) < 4.78 is 5.31. The van der Waals surface area contributed by atoms with Gasteiger partial charge in [0.05, 0.1) is 15.1 Å². The van der Waals surface area contributed by atoms with Crippen molar-refractivity contribution in [3.05, 3.63) is 63.6 Å². The summed E-state index contributed by atoms with van der Waals surface area (Å²) in [6.07, 6.45) is 2.68. The number of nitrogens with zero attached hydrogens (tertiary/aromatic N) is 2. The van der Waals surface area contributed by atoms with Crippen molar-refractivity contribution in [3.8, 4) is 11.5 Å². The zero-order chi connectivity index (χ0) is 16.4. The van der Waals surface area contributed by atoms with Gasteiger partial charge >= 0.3 is 0 Å². The predicted octanol–water partition coefficient (Wildman–Crippen LogP) is 4.95. The number of rotatable bonds is 3. The second kappa shape index (κ2) is 6.58. The van der Waals surface area contributed by atoms with E-state index in [4.69, 9.17) is 39.2 Å². The monoisotopic (exact) mass is 367 g/mol. The average molecular weight is 369 g/mol. The third-order valence-corrected chi connectivity index (χ3v) is 3.83. The topological polar surface area (TPSA) is 68.0 Å². The van der Waals surface area contributed by atoms with Crippen molar-refractivity contribution in [2.45, 2.75) is 0 Å². The van der Waals surface area contributed by atoms with Crippen LogP contribution < -0.4 is 5.32 Å². The number of anilines is 1. The van der Waals surface area contributed by atoms with Gasteiger partial charge in [0.2, 0.25) is 5.89 Å². The number of aromatic nitrogens is 2. The lowest BCUT2D eigenvalue weighted by atomic mass is 10.2. The van der Waals surface area contributed by atoms with Crippen molar-refractivity contribution in [3.63, 3.8) is 0 Å². The molecule has 8 heteroatoms. The number of pyridine rings is 1. The Kier molecular flexibility index (Phi) is 4.52. The van der Waals surface area contributed by atoms with Gasteiger partial charge in [-0.3, -0.25) is 4.79 Å². The van der Waals surface area contributed by atoms with E-state index < -0.39 is 5.91 Å². The van der Waals surface area contributed by atoms with Crippen molar-refractivity contribution >= 4 is 46.5 Å². The van der Waals surface area contributed by atoms with Gasteiger partial charge in [-0.05, 0) is 30.3 Å². The van der Waals surface area contributed by atoms with Gasteiger partial charge in [0.1, 0.15) is 12.1 Å². The fourth-order valence-corrected chi connectivity index (χ4v) is 2.18. The zero-order valence-corrected chi connectivity index (χ0v) is 13.7. The van der Waals surface area contributed by atoms with E-state index in [0.717, 1.165) is 0 Å². The highest BCUT2D eigenvalue weighted by Gasteiger charge is 2.15. The van der Waals surface area contributed by atoms with Crippen molar-refractivity contribution in [1.82, 2.24) is 9.97 Å². The maximum absolute atomic E-state index is 12.1. The minimum Gasteiger partial charge on any atom is -0.444 e. The molecular weight excluding hydrogens is 361 g/mol. The first-order valence-corrected chi connectivity index (χ1v) is 7.50. The summed E-state index contributed by atoms with van der Waals surface area (Å²) in [6.45, 7) is 0. The number of hydrogen-bond donors (Lipinski definition) is 1. The number of halogens is 3. The molecule has 0 radical (unpaired) electrons. The van der Waals surface area contributed by atoms with E-state index in [2.05, 4.69) is 15.3 Å². The Labute approximate surface area is 146 Å². The molecule has 1 N–H and O–H groups in total. The van der Waals surface area contributed by atoms with Crippen LogP contribution in [-0.2, 0) is 0 Å². The van der Waals surface area contributed by atoms with Crippen LogP contribution in [0.4, 0.5) is 5.82 Å². The molecule has 0 unspecified atom stereocenters. The molecule has 5 nitrogen and oxygen atoms in total. The van der Waals surface area contributed by atoms with Crippen LogP contribution in [0.5, 0.6) is 0 Å². The number of nitrogens with one attached hydrogen (secondary N) is 1. The number of oxazole rings is 1. The maximum atomic E-state index is 12.1. The van der Waals surface area contributed by atoms with Crippen LogP contribution in [-0.4, -0.2) is 15.9 Å². The fraction of sp³-hybridized carbons (Fsp3) is 0. The van der Waals surface area contributed by atoms with E-state index in [9.17, 15) is 4.79 Å². The van der Waals surface area contributed by atoms with Gasteiger partial charge in [-0.1, -0.05) is 34.8 Å². The molecule has 1 amide bonds. The highest BCUT2D eigenvalue weighted by atomic mass is 35.5. The van der Waals surface area contributed by atoms with Crippen LogP contribution in [0.15, 0.2) is 47.2 Å². The van der Waals surface area contributed by atoms with E-state index in [0.29, 0.717) is 26.4 Å². The molecule has 0 aliphatic carbocycles. The molecule has 3 rings (SSSR count). The lowest BCUT2D eigenvalue weighted by Crippen LogP contribution is -2.13. The van der Waals surface area contributed by atoms with Gasteiger partial charge in [0.15, 0.2) is 5.69 Å². The van der Waals surface area contributed by atoms with E-state index in [1.54, 1.807) is 30.3 Å². The normalized spacial score (nSPS) is 10.6. The van der Waals surface area contributed by atoms with E-state index in [-0.39, 0.29) is 11.6 Å². The second-order valence-corrected chi connectivity index (χ2v) is 5.73. The molecule has 116 valence electrons. The maximum Gasteiger partial charge on any atom is 0.278 e. The Bertz CT molecular complexity index is 863. The van der Waals surface area contributed by atoms with Gasteiger partial charge in [-0.15, -0.1) is 0 Å². The van der Waals surface area contributed by atoms with E-state index >= 15 is 0 Å². The molecule has 3 aromatic rings. The Morgan fingerprint density at radius 2 is 1.91 bits per heavy atom. The number of carbonyl (C=O) groups is 1. The average Bonchev–Trinajstić information content (AvgIpc) is 3.02. The molecule has 0 fully saturated rings. The molecule has 0 atom stereocenters. The summed E-state index contributed by atoms with van der Waals surface area (Å²) in [5, 5.41) is 3.87. The summed E-state index contributed by atoms with van der Waals surface area (Å²) in [7, 11) is 0. The van der Waals surface area contributed by atoms with Crippen LogP contribution in [0.3, 0.4) is 0 Å². The van der Waals surface area contributed by atoms with Gasteiger partial charge in [0.25, 0.3) is 5.91 Å². The summed E-state index contributed by atoms with van der Waals surface area (Å²) >= 11 is 17.6. The van der Waals surface area contributed by atoms with Crippen LogP contribution in [0.25, 0.3) is 11.5 Å². The zero-order valence-electron chi connectivity index (χ0n) is 11.4. The van der Waals surface area contributed by atoms with Gasteiger partial charge < -0.3 is 9.73 Å². The van der Waals surface area contributed by atoms with Crippen molar-refractivity contribution in [2.24, 2.45) is 0 Å². The Morgan fingerprint density at radius 1 is 1.09 bits per heavy atom. The first-order valence-electron chi connectivity index (χ1n) is 6.37. The molecule has 1 aromatic carbocycles. The molecule has 0 bridgehead atoms. The number of benzene rings is 1.